The highest BCUT2D eigenvalue weighted by Crippen LogP contribution is 2.20. The van der Waals surface area contributed by atoms with Gasteiger partial charge in [-0.1, -0.05) is 30.3 Å². The zero-order valence-corrected chi connectivity index (χ0v) is 11.4. The molecule has 0 N–H and O–H groups in total. The van der Waals surface area contributed by atoms with Gasteiger partial charge in [0.15, 0.2) is 5.54 Å². The second-order valence-electron chi connectivity index (χ2n) is 4.95. The van der Waals surface area contributed by atoms with Crippen LogP contribution >= 0.6 is 11.5 Å². The van der Waals surface area contributed by atoms with Crippen LogP contribution in [0.15, 0.2) is 30.3 Å². The minimum atomic E-state index is -0.474. The van der Waals surface area contributed by atoms with Gasteiger partial charge < -0.3 is 5.21 Å². The van der Waals surface area contributed by atoms with Crippen molar-refractivity contribution in [3.05, 3.63) is 41.4 Å². The van der Waals surface area contributed by atoms with Crippen LogP contribution in [0.3, 0.4) is 0 Å². The van der Waals surface area contributed by atoms with Crippen molar-refractivity contribution in [1.29, 1.82) is 0 Å². The Kier molecular flexibility index (Phi) is 3.43. The summed E-state index contributed by atoms with van der Waals surface area (Å²) in [7, 11) is 0. The maximum atomic E-state index is 11.8. The smallest absolute Gasteiger partial charge is 0.231 e. The third-order valence-electron chi connectivity index (χ3n) is 2.36. The van der Waals surface area contributed by atoms with Crippen LogP contribution in [0.4, 0.5) is 0 Å². The van der Waals surface area contributed by atoms with Crippen LogP contribution in [0.2, 0.25) is 0 Å². The Hall–Kier alpha value is -1.75. The van der Waals surface area contributed by atoms with E-state index in [-0.39, 0.29) is 0 Å². The quantitative estimate of drug-likeness (QED) is 0.361. The predicted octanol–water partition coefficient (Wildman–Crippen LogP) is 2.93. The van der Waals surface area contributed by atoms with Gasteiger partial charge in [0.25, 0.3) is 0 Å². The Bertz CT molecular complexity index is 555. The van der Waals surface area contributed by atoms with Gasteiger partial charge in [0.05, 0.1) is 0 Å². The van der Waals surface area contributed by atoms with Gasteiger partial charge in [-0.15, -0.1) is 0 Å². The SMILES string of the molecule is CC(C)(C)/[N+]([O-])=C/c1nsc(-c2ccccc2)n1. The van der Waals surface area contributed by atoms with E-state index in [1.54, 1.807) is 0 Å². The Balaban J connectivity index is 2.27. The fraction of sp³-hybridized carbons (Fsp3) is 0.308. The van der Waals surface area contributed by atoms with Crippen molar-refractivity contribution in [3.8, 4) is 10.6 Å². The van der Waals surface area contributed by atoms with Crippen LogP contribution in [0.25, 0.3) is 10.6 Å². The molecular formula is C13H15N3OS. The van der Waals surface area contributed by atoms with Gasteiger partial charge in [-0.25, -0.2) is 9.72 Å². The van der Waals surface area contributed by atoms with Gasteiger partial charge in [-0.2, -0.15) is 4.37 Å². The van der Waals surface area contributed by atoms with Gasteiger partial charge >= 0.3 is 0 Å². The number of nitrogens with zero attached hydrogens (tertiary/aromatic N) is 3. The van der Waals surface area contributed by atoms with Crippen LogP contribution in [0, 0.1) is 5.21 Å². The monoisotopic (exact) mass is 261 g/mol. The van der Waals surface area contributed by atoms with Crippen molar-refractivity contribution in [3.63, 3.8) is 0 Å². The number of hydrogen-bond acceptors (Lipinski definition) is 4. The number of hydrogen-bond donors (Lipinski definition) is 0. The highest BCUT2D eigenvalue weighted by atomic mass is 32.1. The zero-order valence-electron chi connectivity index (χ0n) is 10.6. The molecule has 0 aliphatic rings. The maximum absolute atomic E-state index is 11.8. The third-order valence-corrected chi connectivity index (χ3v) is 3.13. The lowest BCUT2D eigenvalue weighted by Gasteiger charge is -2.17. The average molecular weight is 261 g/mol. The molecule has 0 saturated carbocycles. The molecule has 0 aliphatic carbocycles. The molecule has 0 spiro atoms. The summed E-state index contributed by atoms with van der Waals surface area (Å²) in [6.45, 7) is 5.54. The molecule has 94 valence electrons. The lowest BCUT2D eigenvalue weighted by atomic mass is 10.1. The minimum Gasteiger partial charge on any atom is -0.623 e. The van der Waals surface area contributed by atoms with Gasteiger partial charge in [0.1, 0.15) is 5.01 Å². The average Bonchev–Trinajstić information content (AvgIpc) is 2.77. The largest absolute Gasteiger partial charge is 0.623 e. The molecule has 2 rings (SSSR count). The second-order valence-corrected chi connectivity index (χ2v) is 5.70. The molecule has 5 heteroatoms. The molecule has 2 aromatic rings. The number of benzene rings is 1. The van der Waals surface area contributed by atoms with Crippen molar-refractivity contribution in [2.75, 3.05) is 0 Å². The van der Waals surface area contributed by atoms with Gasteiger partial charge in [-0.05, 0) is 11.5 Å². The van der Waals surface area contributed by atoms with E-state index in [0.29, 0.717) is 5.82 Å². The molecule has 0 fully saturated rings. The van der Waals surface area contributed by atoms with Crippen molar-refractivity contribution in [2.24, 2.45) is 0 Å². The van der Waals surface area contributed by atoms with Crippen LogP contribution in [0.1, 0.15) is 26.6 Å². The summed E-state index contributed by atoms with van der Waals surface area (Å²) in [4.78, 5) is 4.34. The van der Waals surface area contributed by atoms with Gasteiger partial charge in [0, 0.05) is 26.3 Å². The summed E-state index contributed by atoms with van der Waals surface area (Å²) < 4.78 is 5.06. The summed E-state index contributed by atoms with van der Waals surface area (Å²) in [6, 6.07) is 9.81. The first-order chi connectivity index (χ1) is 8.47. The fourth-order valence-electron chi connectivity index (χ4n) is 1.28. The highest BCUT2D eigenvalue weighted by Gasteiger charge is 2.19. The molecule has 4 nitrogen and oxygen atoms in total. The Morgan fingerprint density at radius 3 is 2.50 bits per heavy atom. The van der Waals surface area contributed by atoms with E-state index in [1.807, 2.05) is 51.1 Å². The van der Waals surface area contributed by atoms with E-state index in [0.717, 1.165) is 15.3 Å². The molecule has 0 amide bonds. The molecule has 0 unspecified atom stereocenters. The molecule has 1 heterocycles. The Morgan fingerprint density at radius 1 is 1.22 bits per heavy atom. The normalized spacial score (nSPS) is 12.7. The third kappa shape index (κ3) is 2.92. The van der Waals surface area contributed by atoms with Crippen molar-refractivity contribution in [2.45, 2.75) is 26.3 Å². The molecule has 1 aromatic heterocycles. The first kappa shape index (κ1) is 12.7. The second kappa shape index (κ2) is 4.86. The van der Waals surface area contributed by atoms with Crippen LogP contribution < -0.4 is 0 Å². The van der Waals surface area contributed by atoms with E-state index in [1.165, 1.54) is 17.7 Å². The number of hydroxylamine groups is 1. The molecule has 18 heavy (non-hydrogen) atoms. The minimum absolute atomic E-state index is 0.462. The molecular weight excluding hydrogens is 246 g/mol. The maximum Gasteiger partial charge on any atom is 0.231 e. The van der Waals surface area contributed by atoms with Gasteiger partial charge in [-0.3, -0.25) is 0 Å². The molecule has 1 aromatic carbocycles. The standard InChI is InChI=1S/C13H15N3OS/c1-13(2,3)16(17)9-11-14-12(18-15-11)10-7-5-4-6-8-10/h4-9H,1-3H3/b16-9-. The van der Waals surface area contributed by atoms with Crippen molar-refractivity contribution < 1.29 is 4.74 Å². The summed E-state index contributed by atoms with van der Waals surface area (Å²) in [5.74, 6) is 0.462. The predicted molar refractivity (Wildman–Crippen MR) is 73.9 cm³/mol. The summed E-state index contributed by atoms with van der Waals surface area (Å²) >= 11 is 1.30. The molecule has 0 radical (unpaired) electrons. The van der Waals surface area contributed by atoms with E-state index >= 15 is 0 Å². The summed E-state index contributed by atoms with van der Waals surface area (Å²) in [5, 5.41) is 12.6. The van der Waals surface area contributed by atoms with Crippen LogP contribution in [-0.4, -0.2) is 25.8 Å². The zero-order chi connectivity index (χ0) is 13.2. The van der Waals surface area contributed by atoms with E-state index in [9.17, 15) is 5.21 Å². The van der Waals surface area contributed by atoms with E-state index in [2.05, 4.69) is 9.36 Å². The molecule has 0 bridgehead atoms. The lowest BCUT2D eigenvalue weighted by molar-refractivity contribution is -0.530. The first-order valence-corrected chi connectivity index (χ1v) is 6.44. The lowest BCUT2D eigenvalue weighted by Crippen LogP contribution is -2.29. The van der Waals surface area contributed by atoms with Crippen molar-refractivity contribution >= 4 is 17.7 Å². The summed E-state index contributed by atoms with van der Waals surface area (Å²) in [6.07, 6.45) is 1.43. The Labute approximate surface area is 110 Å². The van der Waals surface area contributed by atoms with Crippen LogP contribution in [-0.2, 0) is 0 Å². The molecule has 0 aliphatic heterocycles. The molecule has 0 atom stereocenters. The van der Waals surface area contributed by atoms with Gasteiger partial charge in [0.2, 0.25) is 12.0 Å². The first-order valence-electron chi connectivity index (χ1n) is 5.67. The van der Waals surface area contributed by atoms with Crippen molar-refractivity contribution in [1.82, 2.24) is 9.36 Å². The van der Waals surface area contributed by atoms with E-state index in [4.69, 9.17) is 0 Å². The highest BCUT2D eigenvalue weighted by molar-refractivity contribution is 7.09. The van der Waals surface area contributed by atoms with Crippen LogP contribution in [0.5, 0.6) is 0 Å². The number of rotatable bonds is 2. The summed E-state index contributed by atoms with van der Waals surface area (Å²) in [5.41, 5.74) is 0.543. The van der Waals surface area contributed by atoms with E-state index < -0.39 is 5.54 Å². The Morgan fingerprint density at radius 2 is 1.89 bits per heavy atom. The number of aromatic nitrogens is 2. The topological polar surface area (TPSA) is 51.9 Å². The molecule has 0 saturated heterocycles. The fourth-order valence-corrected chi connectivity index (χ4v) is 1.93.